The van der Waals surface area contributed by atoms with E-state index in [-0.39, 0.29) is 31.1 Å². The van der Waals surface area contributed by atoms with Crippen molar-refractivity contribution in [2.45, 2.75) is 89.6 Å². The SMILES string of the molecule is COc1cc2c(cc1OC)CN(C[C@H]1C[C@@H](c3ccc(CO)cc3)O[C@@H](c3ccc(CNC(=O)CCCCCCC(=O)O)cc3)O1)CC2. The van der Waals surface area contributed by atoms with E-state index in [1.807, 2.05) is 48.5 Å². The zero-order chi connectivity index (χ0) is 33.9. The molecule has 3 N–H and O–H groups in total. The van der Waals surface area contributed by atoms with Crippen molar-refractivity contribution >= 4 is 11.9 Å². The van der Waals surface area contributed by atoms with Crippen LogP contribution in [-0.2, 0) is 45.2 Å². The van der Waals surface area contributed by atoms with Crippen molar-refractivity contribution in [1.82, 2.24) is 10.2 Å². The van der Waals surface area contributed by atoms with E-state index in [1.165, 1.54) is 11.1 Å². The molecular formula is C38H48N2O8. The highest BCUT2D eigenvalue weighted by Gasteiger charge is 2.34. The Bertz CT molecular complexity index is 1490. The monoisotopic (exact) mass is 660 g/mol. The topological polar surface area (TPSA) is 127 Å². The quantitative estimate of drug-likeness (QED) is 0.162. The van der Waals surface area contributed by atoms with Gasteiger partial charge in [-0.15, -0.1) is 0 Å². The van der Waals surface area contributed by atoms with E-state index in [0.717, 1.165) is 79.1 Å². The van der Waals surface area contributed by atoms with Gasteiger partial charge in [0, 0.05) is 51.0 Å². The summed E-state index contributed by atoms with van der Waals surface area (Å²) in [5.41, 5.74) is 6.31. The maximum atomic E-state index is 12.3. The van der Waals surface area contributed by atoms with Crippen LogP contribution in [-0.4, -0.2) is 60.4 Å². The first-order valence-electron chi connectivity index (χ1n) is 16.9. The van der Waals surface area contributed by atoms with Gasteiger partial charge < -0.3 is 34.5 Å². The third kappa shape index (κ3) is 9.79. The van der Waals surface area contributed by atoms with Crippen LogP contribution < -0.4 is 14.8 Å². The highest BCUT2D eigenvalue weighted by atomic mass is 16.7. The van der Waals surface area contributed by atoms with E-state index in [1.54, 1.807) is 14.2 Å². The number of carbonyl (C=O) groups is 2. The van der Waals surface area contributed by atoms with Crippen molar-refractivity contribution in [3.8, 4) is 11.5 Å². The van der Waals surface area contributed by atoms with Gasteiger partial charge in [0.2, 0.25) is 5.91 Å². The smallest absolute Gasteiger partial charge is 0.303 e. The lowest BCUT2D eigenvalue weighted by molar-refractivity contribution is -0.253. The molecule has 0 unspecified atom stereocenters. The number of aliphatic hydroxyl groups excluding tert-OH is 1. The first-order chi connectivity index (χ1) is 23.3. The number of hydrogen-bond donors (Lipinski definition) is 3. The van der Waals surface area contributed by atoms with E-state index in [4.69, 9.17) is 24.1 Å². The van der Waals surface area contributed by atoms with Crippen molar-refractivity contribution in [2.24, 2.45) is 0 Å². The molecule has 1 fully saturated rings. The van der Waals surface area contributed by atoms with Crippen LogP contribution in [0, 0.1) is 0 Å². The lowest BCUT2D eigenvalue weighted by atomic mass is 9.97. The van der Waals surface area contributed by atoms with E-state index in [2.05, 4.69) is 22.3 Å². The van der Waals surface area contributed by atoms with E-state index in [0.29, 0.717) is 25.8 Å². The van der Waals surface area contributed by atoms with Gasteiger partial charge in [0.25, 0.3) is 0 Å². The van der Waals surface area contributed by atoms with Crippen molar-refractivity contribution in [2.75, 3.05) is 27.3 Å². The summed E-state index contributed by atoms with van der Waals surface area (Å²) < 4.78 is 24.2. The Morgan fingerprint density at radius 1 is 0.854 bits per heavy atom. The molecule has 48 heavy (non-hydrogen) atoms. The number of amides is 1. The fraction of sp³-hybridized carbons (Fsp3) is 0.474. The van der Waals surface area contributed by atoms with Crippen molar-refractivity contribution < 1.29 is 38.7 Å². The molecule has 3 atom stereocenters. The van der Waals surface area contributed by atoms with E-state index >= 15 is 0 Å². The van der Waals surface area contributed by atoms with E-state index < -0.39 is 12.3 Å². The highest BCUT2D eigenvalue weighted by Crippen LogP contribution is 2.39. The molecule has 0 saturated carbocycles. The van der Waals surface area contributed by atoms with Gasteiger partial charge in [0.05, 0.1) is 33.0 Å². The molecule has 2 aliphatic heterocycles. The number of nitrogens with zero attached hydrogens (tertiary/aromatic N) is 1. The molecule has 2 aliphatic rings. The Labute approximate surface area is 283 Å². The second kappa shape index (κ2) is 17.4. The first-order valence-corrected chi connectivity index (χ1v) is 16.9. The average Bonchev–Trinajstić information content (AvgIpc) is 3.11. The molecule has 0 aromatic heterocycles. The molecule has 1 amide bonds. The lowest BCUT2D eigenvalue weighted by Crippen LogP contribution is -2.41. The van der Waals surface area contributed by atoms with Crippen LogP contribution in [0.4, 0.5) is 0 Å². The first kappa shape index (κ1) is 35.3. The third-order valence-electron chi connectivity index (χ3n) is 9.16. The van der Waals surface area contributed by atoms with Crippen LogP contribution in [0.1, 0.15) is 90.7 Å². The van der Waals surface area contributed by atoms with Crippen LogP contribution in [0.15, 0.2) is 60.7 Å². The zero-order valence-electron chi connectivity index (χ0n) is 28.0. The summed E-state index contributed by atoms with van der Waals surface area (Å²) in [6.45, 7) is 2.88. The summed E-state index contributed by atoms with van der Waals surface area (Å²) in [7, 11) is 3.32. The zero-order valence-corrected chi connectivity index (χ0v) is 28.0. The van der Waals surface area contributed by atoms with Gasteiger partial charge in [0.15, 0.2) is 17.8 Å². The number of aliphatic carboxylic acids is 1. The standard InChI is InChI=1S/C38H48N2O8/c1-45-34-19-30-17-18-40(23-31(30)20-35(34)46-2)24-32-21-33(28-13-11-27(25-41)12-14-28)48-38(47-32)29-15-9-26(10-16-29)22-39-36(42)7-5-3-4-6-8-37(43)44/h9-16,19-20,32-33,38,41H,3-8,17-18,21-25H2,1-2H3,(H,39,42)(H,43,44)/t32-,33+,38+/m1/s1. The third-order valence-corrected chi connectivity index (χ3v) is 9.16. The van der Waals surface area contributed by atoms with Gasteiger partial charge >= 0.3 is 5.97 Å². The van der Waals surface area contributed by atoms with Crippen LogP contribution in [0.25, 0.3) is 0 Å². The molecule has 10 nitrogen and oxygen atoms in total. The van der Waals surface area contributed by atoms with Crippen molar-refractivity contribution in [3.05, 3.63) is 94.0 Å². The normalized spacial score (nSPS) is 19.4. The molecule has 258 valence electrons. The molecule has 0 aliphatic carbocycles. The molecular weight excluding hydrogens is 612 g/mol. The summed E-state index contributed by atoms with van der Waals surface area (Å²) in [4.78, 5) is 25.4. The molecule has 0 spiro atoms. The van der Waals surface area contributed by atoms with Crippen LogP contribution in [0.2, 0.25) is 0 Å². The molecule has 0 radical (unpaired) electrons. The number of fused-ring (bicyclic) bond motifs is 1. The number of nitrogens with one attached hydrogen (secondary N) is 1. The second-order valence-electron chi connectivity index (χ2n) is 12.6. The van der Waals surface area contributed by atoms with Crippen LogP contribution in [0.5, 0.6) is 11.5 Å². The van der Waals surface area contributed by atoms with Gasteiger partial charge in [-0.2, -0.15) is 0 Å². The number of carboxylic acid groups (broad SMARTS) is 1. The van der Waals surface area contributed by atoms with Gasteiger partial charge in [0.1, 0.15) is 0 Å². The molecule has 2 heterocycles. The number of ether oxygens (including phenoxy) is 4. The number of carbonyl (C=O) groups excluding carboxylic acids is 1. The molecule has 5 rings (SSSR count). The molecule has 1 saturated heterocycles. The fourth-order valence-electron chi connectivity index (χ4n) is 6.42. The van der Waals surface area contributed by atoms with Crippen LogP contribution >= 0.6 is 0 Å². The summed E-state index contributed by atoms with van der Waals surface area (Å²) in [6.07, 6.45) is 4.48. The lowest BCUT2D eigenvalue weighted by Gasteiger charge is -2.39. The summed E-state index contributed by atoms with van der Waals surface area (Å²) in [6, 6.07) is 20.1. The number of carboxylic acids is 1. The molecule has 3 aromatic rings. The number of methoxy groups -OCH3 is 2. The van der Waals surface area contributed by atoms with E-state index in [9.17, 15) is 14.7 Å². The molecule has 3 aromatic carbocycles. The Kier molecular flexibility index (Phi) is 12.8. The number of unbranched alkanes of at least 4 members (excludes halogenated alkanes) is 3. The van der Waals surface area contributed by atoms with Crippen LogP contribution in [0.3, 0.4) is 0 Å². The number of aliphatic hydroxyl groups is 1. The van der Waals surface area contributed by atoms with Crippen molar-refractivity contribution in [3.63, 3.8) is 0 Å². The molecule has 0 bridgehead atoms. The summed E-state index contributed by atoms with van der Waals surface area (Å²) in [5.74, 6) is 0.707. The number of hydrogen-bond acceptors (Lipinski definition) is 8. The van der Waals surface area contributed by atoms with Crippen molar-refractivity contribution in [1.29, 1.82) is 0 Å². The number of benzene rings is 3. The summed E-state index contributed by atoms with van der Waals surface area (Å²) in [5, 5.41) is 21.3. The molecule has 10 heteroatoms. The maximum absolute atomic E-state index is 12.3. The Morgan fingerprint density at radius 3 is 2.17 bits per heavy atom. The number of rotatable bonds is 16. The maximum Gasteiger partial charge on any atom is 0.303 e. The minimum Gasteiger partial charge on any atom is -0.493 e. The van der Waals surface area contributed by atoms with Gasteiger partial charge in [-0.05, 0) is 59.2 Å². The minimum atomic E-state index is -0.777. The second-order valence-corrected chi connectivity index (χ2v) is 12.6. The predicted molar refractivity (Wildman–Crippen MR) is 181 cm³/mol. The van der Waals surface area contributed by atoms with Gasteiger partial charge in [-0.25, -0.2) is 0 Å². The van der Waals surface area contributed by atoms with Gasteiger partial charge in [-0.1, -0.05) is 61.4 Å². The minimum absolute atomic E-state index is 0.00530. The Balaban J connectivity index is 1.20. The Morgan fingerprint density at radius 2 is 1.50 bits per heavy atom. The average molecular weight is 661 g/mol. The summed E-state index contributed by atoms with van der Waals surface area (Å²) >= 11 is 0. The predicted octanol–water partition coefficient (Wildman–Crippen LogP) is 5.84. The fourth-order valence-corrected chi connectivity index (χ4v) is 6.42. The van der Waals surface area contributed by atoms with Gasteiger partial charge in [-0.3, -0.25) is 14.5 Å². The highest BCUT2D eigenvalue weighted by molar-refractivity contribution is 5.75. The Hall–Kier alpha value is -3.96. The largest absolute Gasteiger partial charge is 0.493 e.